The lowest BCUT2D eigenvalue weighted by molar-refractivity contribution is 0.691. The molecule has 1 heterocycles. The van der Waals surface area contributed by atoms with E-state index in [9.17, 15) is 0 Å². The van der Waals surface area contributed by atoms with Crippen LogP contribution in [0.2, 0.25) is 10.0 Å². The van der Waals surface area contributed by atoms with E-state index in [-0.39, 0.29) is 6.04 Å². The van der Waals surface area contributed by atoms with Crippen molar-refractivity contribution in [3.63, 3.8) is 0 Å². The predicted octanol–water partition coefficient (Wildman–Crippen LogP) is 5.43. The normalized spacial score (nSPS) is 12.7. The maximum Gasteiger partial charge on any atom is 0.0704 e. The molecule has 0 aliphatic carbocycles. The number of benzene rings is 1. The lowest BCUT2D eigenvalue weighted by Gasteiger charge is -2.18. The van der Waals surface area contributed by atoms with Gasteiger partial charge in [0.2, 0.25) is 0 Å². The molecule has 0 bridgehead atoms. The Morgan fingerprint density at radius 3 is 2.56 bits per heavy atom. The van der Waals surface area contributed by atoms with E-state index in [4.69, 9.17) is 23.2 Å². The van der Waals surface area contributed by atoms with Gasteiger partial charge in [-0.3, -0.25) is 0 Å². The van der Waals surface area contributed by atoms with Crippen molar-refractivity contribution in [1.82, 2.24) is 5.32 Å². The molecule has 1 aromatic heterocycles. The minimum Gasteiger partial charge on any atom is -0.309 e. The Bertz CT molecular complexity index is 568. The van der Waals surface area contributed by atoms with Gasteiger partial charge in [0.15, 0.2) is 0 Å². The zero-order valence-corrected chi connectivity index (χ0v) is 13.8. The fourth-order valence-electron chi connectivity index (χ4n) is 1.97. The van der Waals surface area contributed by atoms with Crippen LogP contribution < -0.4 is 5.32 Å². The van der Waals surface area contributed by atoms with Crippen LogP contribution in [-0.2, 0) is 0 Å². The van der Waals surface area contributed by atoms with E-state index in [0.717, 1.165) is 9.35 Å². The van der Waals surface area contributed by atoms with Crippen LogP contribution in [-0.4, -0.2) is 7.05 Å². The van der Waals surface area contributed by atoms with Gasteiger partial charge in [-0.25, -0.2) is 0 Å². The van der Waals surface area contributed by atoms with Crippen LogP contribution in [0.4, 0.5) is 0 Å². The molecule has 1 unspecified atom stereocenters. The molecule has 0 saturated carbocycles. The Morgan fingerprint density at radius 2 is 2.00 bits per heavy atom. The molecule has 1 N–H and O–H groups in total. The quantitative estimate of drug-likeness (QED) is 0.765. The second kappa shape index (κ2) is 5.93. The second-order valence-electron chi connectivity index (χ2n) is 3.93. The molecule has 2 aromatic rings. The van der Waals surface area contributed by atoms with Crippen molar-refractivity contribution < 1.29 is 0 Å². The van der Waals surface area contributed by atoms with Crippen LogP contribution in [0.5, 0.6) is 0 Å². The van der Waals surface area contributed by atoms with Crippen molar-refractivity contribution in [2.24, 2.45) is 0 Å². The van der Waals surface area contributed by atoms with Gasteiger partial charge >= 0.3 is 0 Å². The third-order valence-corrected chi connectivity index (χ3v) is 5.22. The highest BCUT2D eigenvalue weighted by atomic mass is 79.9. The molecule has 0 spiro atoms. The maximum atomic E-state index is 6.30. The number of hydrogen-bond acceptors (Lipinski definition) is 2. The summed E-state index contributed by atoms with van der Waals surface area (Å²) in [5, 5.41) is 4.50. The second-order valence-corrected chi connectivity index (χ2v) is 7.35. The van der Waals surface area contributed by atoms with Crippen LogP contribution >= 0.6 is 50.5 Å². The first kappa shape index (κ1) is 14.4. The molecule has 0 saturated heterocycles. The summed E-state index contributed by atoms with van der Waals surface area (Å²) in [6.07, 6.45) is 0. The van der Waals surface area contributed by atoms with Crippen LogP contribution in [0.25, 0.3) is 0 Å². The predicted molar refractivity (Wildman–Crippen MR) is 84.1 cm³/mol. The third-order valence-electron chi connectivity index (χ3n) is 2.82. The van der Waals surface area contributed by atoms with Gasteiger partial charge in [0.05, 0.1) is 19.9 Å². The number of thiophene rings is 1. The zero-order chi connectivity index (χ0) is 13.3. The molecule has 1 aromatic carbocycles. The smallest absolute Gasteiger partial charge is 0.0704 e. The summed E-state index contributed by atoms with van der Waals surface area (Å²) in [4.78, 5) is 1.26. The highest BCUT2D eigenvalue weighted by Crippen LogP contribution is 2.37. The molecule has 0 aliphatic rings. The summed E-state index contributed by atoms with van der Waals surface area (Å²) in [5.74, 6) is 0. The molecule has 2 rings (SSSR count). The number of aryl methyl sites for hydroxylation is 1. The first-order valence-electron chi connectivity index (χ1n) is 5.41. The average molecular weight is 365 g/mol. The summed E-state index contributed by atoms with van der Waals surface area (Å²) < 4.78 is 1.12. The standard InChI is InChI=1S/C13H12BrCl2NS/c1-7-9(6-11(14)18-7)13(17-2)8-4-3-5-10(15)12(8)16/h3-6,13,17H,1-2H3. The molecular weight excluding hydrogens is 353 g/mol. The van der Waals surface area contributed by atoms with Gasteiger partial charge in [-0.2, -0.15) is 0 Å². The Morgan fingerprint density at radius 1 is 1.28 bits per heavy atom. The summed E-state index contributed by atoms with van der Waals surface area (Å²) in [6.45, 7) is 2.10. The maximum absolute atomic E-state index is 6.30. The van der Waals surface area contributed by atoms with Crippen molar-refractivity contribution >= 4 is 50.5 Å². The summed E-state index contributed by atoms with van der Waals surface area (Å²) >= 11 is 17.6. The number of rotatable bonds is 3. The van der Waals surface area contributed by atoms with Gasteiger partial charge in [-0.15, -0.1) is 11.3 Å². The summed E-state index contributed by atoms with van der Waals surface area (Å²) in [7, 11) is 1.92. The van der Waals surface area contributed by atoms with E-state index in [2.05, 4.69) is 34.2 Å². The minimum absolute atomic E-state index is 0.0544. The molecule has 5 heteroatoms. The SMILES string of the molecule is CNC(c1cc(Br)sc1C)c1cccc(Cl)c1Cl. The van der Waals surface area contributed by atoms with Gasteiger partial charge in [0.25, 0.3) is 0 Å². The Hall–Kier alpha value is -0.0600. The lowest BCUT2D eigenvalue weighted by atomic mass is 9.99. The first-order valence-corrected chi connectivity index (χ1v) is 7.78. The van der Waals surface area contributed by atoms with Crippen molar-refractivity contribution in [3.8, 4) is 0 Å². The van der Waals surface area contributed by atoms with E-state index in [1.165, 1.54) is 10.4 Å². The van der Waals surface area contributed by atoms with Crippen LogP contribution in [0, 0.1) is 6.92 Å². The van der Waals surface area contributed by atoms with E-state index in [0.29, 0.717) is 10.0 Å². The van der Waals surface area contributed by atoms with Gasteiger partial charge in [0, 0.05) is 4.88 Å². The highest BCUT2D eigenvalue weighted by Gasteiger charge is 2.20. The zero-order valence-electron chi connectivity index (χ0n) is 9.93. The van der Waals surface area contributed by atoms with Crippen molar-refractivity contribution in [1.29, 1.82) is 0 Å². The average Bonchev–Trinajstić information content (AvgIpc) is 2.65. The van der Waals surface area contributed by atoms with E-state index >= 15 is 0 Å². The van der Waals surface area contributed by atoms with Crippen molar-refractivity contribution in [3.05, 3.63) is 54.1 Å². The minimum atomic E-state index is 0.0544. The van der Waals surface area contributed by atoms with E-state index in [1.807, 2.05) is 19.2 Å². The van der Waals surface area contributed by atoms with E-state index < -0.39 is 0 Å². The van der Waals surface area contributed by atoms with Gasteiger partial charge in [0.1, 0.15) is 0 Å². The topological polar surface area (TPSA) is 12.0 Å². The van der Waals surface area contributed by atoms with Gasteiger partial charge < -0.3 is 5.32 Å². The van der Waals surface area contributed by atoms with Crippen molar-refractivity contribution in [2.45, 2.75) is 13.0 Å². The Labute approximate surface area is 129 Å². The number of hydrogen-bond donors (Lipinski definition) is 1. The molecule has 18 heavy (non-hydrogen) atoms. The molecule has 96 valence electrons. The van der Waals surface area contributed by atoms with Crippen LogP contribution in [0.15, 0.2) is 28.1 Å². The monoisotopic (exact) mass is 363 g/mol. The largest absolute Gasteiger partial charge is 0.309 e. The Kier molecular flexibility index (Phi) is 4.73. The fraction of sp³-hybridized carbons (Fsp3) is 0.231. The van der Waals surface area contributed by atoms with Gasteiger partial charge in [-0.05, 0) is 53.2 Å². The molecule has 0 aliphatic heterocycles. The summed E-state index contributed by atoms with van der Waals surface area (Å²) in [6, 6.07) is 7.90. The molecule has 0 fully saturated rings. The van der Waals surface area contributed by atoms with E-state index in [1.54, 1.807) is 17.4 Å². The van der Waals surface area contributed by atoms with Gasteiger partial charge in [-0.1, -0.05) is 35.3 Å². The lowest BCUT2D eigenvalue weighted by Crippen LogP contribution is -2.18. The molecule has 0 radical (unpaired) electrons. The fourth-order valence-corrected chi connectivity index (χ4v) is 4.13. The molecule has 0 amide bonds. The number of halogens is 3. The third kappa shape index (κ3) is 2.75. The molecule has 1 atom stereocenters. The first-order chi connectivity index (χ1) is 8.54. The van der Waals surface area contributed by atoms with Crippen LogP contribution in [0.1, 0.15) is 22.0 Å². The molecular formula is C13H12BrCl2NS. The Balaban J connectivity index is 2.52. The van der Waals surface area contributed by atoms with Crippen molar-refractivity contribution in [2.75, 3.05) is 7.05 Å². The number of nitrogens with one attached hydrogen (secondary N) is 1. The highest BCUT2D eigenvalue weighted by molar-refractivity contribution is 9.11. The molecule has 1 nitrogen and oxygen atoms in total. The summed E-state index contributed by atoms with van der Waals surface area (Å²) in [5.41, 5.74) is 2.22. The van der Waals surface area contributed by atoms with Crippen LogP contribution in [0.3, 0.4) is 0 Å².